The van der Waals surface area contributed by atoms with Crippen molar-refractivity contribution in [3.63, 3.8) is 0 Å². The van der Waals surface area contributed by atoms with Crippen molar-refractivity contribution in [2.24, 2.45) is 11.7 Å². The highest BCUT2D eigenvalue weighted by Gasteiger charge is 2.35. The molecule has 0 spiro atoms. The van der Waals surface area contributed by atoms with Crippen LogP contribution in [0.2, 0.25) is 0 Å². The molecule has 2 aromatic carbocycles. The van der Waals surface area contributed by atoms with Gasteiger partial charge in [-0.3, -0.25) is 4.79 Å². The first-order valence-electron chi connectivity index (χ1n) is 8.00. The van der Waals surface area contributed by atoms with Gasteiger partial charge in [-0.1, -0.05) is 12.1 Å². The van der Waals surface area contributed by atoms with E-state index in [2.05, 4.69) is 4.72 Å². The Balaban J connectivity index is 1.85. The van der Waals surface area contributed by atoms with E-state index in [1.165, 1.54) is 0 Å². The second kappa shape index (κ2) is 5.27. The molecule has 0 radical (unpaired) electrons. The summed E-state index contributed by atoms with van der Waals surface area (Å²) in [6.45, 7) is 0.284. The number of benzene rings is 2. The normalized spacial score (nSPS) is 18.4. The zero-order valence-corrected chi connectivity index (χ0v) is 14.1. The van der Waals surface area contributed by atoms with Crippen molar-refractivity contribution in [3.8, 4) is 0 Å². The molecule has 7 heteroatoms. The van der Waals surface area contributed by atoms with Gasteiger partial charge in [0.1, 0.15) is 0 Å². The number of hydrogen-bond donors (Lipinski definition) is 2. The maximum absolute atomic E-state index is 12.9. The third kappa shape index (κ3) is 2.23. The lowest BCUT2D eigenvalue weighted by Gasteiger charge is -2.18. The fourth-order valence-electron chi connectivity index (χ4n) is 3.44. The Bertz CT molecular complexity index is 951. The minimum Gasteiger partial charge on any atom is -0.329 e. The van der Waals surface area contributed by atoms with Gasteiger partial charge in [-0.2, -0.15) is 0 Å². The molecule has 3 N–H and O–H groups in total. The molecule has 1 fully saturated rings. The van der Waals surface area contributed by atoms with Gasteiger partial charge < -0.3 is 10.6 Å². The molecule has 126 valence electrons. The number of carbonyl (C=O) groups excluding carboxylic acids is 1. The first-order valence-corrected chi connectivity index (χ1v) is 9.48. The van der Waals surface area contributed by atoms with Gasteiger partial charge in [-0.15, -0.1) is 0 Å². The SMILES string of the molecule is CN1C(=O)c2cccc3c(S(=O)(=O)NC(CN)C4CC4)ccc1c23. The monoisotopic (exact) mass is 345 g/mol. The minimum absolute atomic E-state index is 0.115. The zero-order valence-electron chi connectivity index (χ0n) is 13.3. The summed E-state index contributed by atoms with van der Waals surface area (Å²) >= 11 is 0. The molecule has 24 heavy (non-hydrogen) atoms. The fraction of sp³-hybridized carbons (Fsp3) is 0.353. The molecule has 0 aromatic heterocycles. The van der Waals surface area contributed by atoms with Crippen LogP contribution in [0.4, 0.5) is 5.69 Å². The molecule has 1 unspecified atom stereocenters. The third-order valence-corrected chi connectivity index (χ3v) is 6.46. The highest BCUT2D eigenvalue weighted by Crippen LogP contribution is 2.39. The molecule has 1 aliphatic heterocycles. The van der Waals surface area contributed by atoms with Crippen molar-refractivity contribution in [1.29, 1.82) is 0 Å². The average Bonchev–Trinajstić information content (AvgIpc) is 3.38. The molecule has 1 saturated carbocycles. The van der Waals surface area contributed by atoms with Crippen LogP contribution in [0, 0.1) is 5.92 Å². The molecule has 1 amide bonds. The van der Waals surface area contributed by atoms with E-state index in [1.54, 1.807) is 42.3 Å². The summed E-state index contributed by atoms with van der Waals surface area (Å²) in [5.74, 6) is 0.213. The van der Waals surface area contributed by atoms with Crippen molar-refractivity contribution in [3.05, 3.63) is 35.9 Å². The zero-order chi connectivity index (χ0) is 17.1. The highest BCUT2D eigenvalue weighted by atomic mass is 32.2. The lowest BCUT2D eigenvalue weighted by Crippen LogP contribution is -2.41. The highest BCUT2D eigenvalue weighted by molar-refractivity contribution is 7.89. The molecule has 2 aliphatic rings. The molecule has 1 heterocycles. The molecular formula is C17H19N3O3S. The molecule has 1 atom stereocenters. The molecular weight excluding hydrogens is 326 g/mol. The Morgan fingerprint density at radius 1 is 1.29 bits per heavy atom. The van der Waals surface area contributed by atoms with Crippen LogP contribution in [0.1, 0.15) is 23.2 Å². The predicted octanol–water partition coefficient (Wildman–Crippen LogP) is 1.45. The number of hydrogen-bond acceptors (Lipinski definition) is 4. The lowest BCUT2D eigenvalue weighted by molar-refractivity contribution is 0.0999. The largest absolute Gasteiger partial charge is 0.329 e. The molecule has 0 saturated heterocycles. The van der Waals surface area contributed by atoms with Gasteiger partial charge in [0.25, 0.3) is 5.91 Å². The van der Waals surface area contributed by atoms with E-state index in [0.29, 0.717) is 22.3 Å². The van der Waals surface area contributed by atoms with Crippen LogP contribution in [0.5, 0.6) is 0 Å². The van der Waals surface area contributed by atoms with E-state index in [9.17, 15) is 13.2 Å². The van der Waals surface area contributed by atoms with E-state index in [4.69, 9.17) is 5.73 Å². The van der Waals surface area contributed by atoms with Gasteiger partial charge in [0, 0.05) is 36.0 Å². The molecule has 0 bridgehead atoms. The standard InChI is InChI=1S/C17H19N3O3S/c1-20-14-7-8-15(11-3-2-4-12(16(11)14)17(20)21)24(22,23)19-13(9-18)10-5-6-10/h2-4,7-8,10,13,19H,5-6,9,18H2,1H3. The van der Waals surface area contributed by atoms with Crippen LogP contribution in [-0.2, 0) is 10.0 Å². The lowest BCUT2D eigenvalue weighted by atomic mass is 10.1. The Kier molecular flexibility index (Phi) is 3.42. The summed E-state index contributed by atoms with van der Waals surface area (Å²) in [6, 6.07) is 8.23. The van der Waals surface area contributed by atoms with Crippen molar-refractivity contribution >= 4 is 32.4 Å². The Morgan fingerprint density at radius 2 is 2.04 bits per heavy atom. The number of nitrogens with one attached hydrogen (secondary N) is 1. The number of carbonyl (C=O) groups is 1. The van der Waals surface area contributed by atoms with Crippen molar-refractivity contribution < 1.29 is 13.2 Å². The van der Waals surface area contributed by atoms with Crippen LogP contribution < -0.4 is 15.4 Å². The van der Waals surface area contributed by atoms with Gasteiger partial charge in [0.05, 0.1) is 10.6 Å². The number of sulfonamides is 1. The summed E-state index contributed by atoms with van der Waals surface area (Å²) in [4.78, 5) is 14.1. The van der Waals surface area contributed by atoms with E-state index in [-0.39, 0.29) is 23.4 Å². The van der Waals surface area contributed by atoms with E-state index in [0.717, 1.165) is 18.5 Å². The molecule has 2 aromatic rings. The third-order valence-electron chi connectivity index (χ3n) is 4.92. The van der Waals surface area contributed by atoms with E-state index >= 15 is 0 Å². The minimum atomic E-state index is -3.70. The Hall–Kier alpha value is -1.96. The van der Waals surface area contributed by atoms with Gasteiger partial charge >= 0.3 is 0 Å². The van der Waals surface area contributed by atoms with E-state index in [1.807, 2.05) is 0 Å². The first-order chi connectivity index (χ1) is 11.4. The maximum atomic E-state index is 12.9. The number of amides is 1. The second-order valence-electron chi connectivity index (χ2n) is 6.48. The van der Waals surface area contributed by atoms with Crippen LogP contribution in [-0.4, -0.2) is 34.0 Å². The Labute approximate surface area is 140 Å². The molecule has 1 aliphatic carbocycles. The molecule has 4 rings (SSSR count). The maximum Gasteiger partial charge on any atom is 0.258 e. The van der Waals surface area contributed by atoms with Gasteiger partial charge in [0.15, 0.2) is 0 Å². The number of nitrogens with two attached hydrogens (primary N) is 1. The number of anilines is 1. The number of nitrogens with zero attached hydrogens (tertiary/aromatic N) is 1. The molecule has 6 nitrogen and oxygen atoms in total. The quantitative estimate of drug-likeness (QED) is 0.858. The second-order valence-corrected chi connectivity index (χ2v) is 8.16. The van der Waals surface area contributed by atoms with Crippen LogP contribution in [0.3, 0.4) is 0 Å². The summed E-state index contributed by atoms with van der Waals surface area (Å²) in [7, 11) is -2.01. The van der Waals surface area contributed by atoms with Crippen molar-refractivity contribution in [2.45, 2.75) is 23.8 Å². The topological polar surface area (TPSA) is 92.5 Å². The fourth-order valence-corrected chi connectivity index (χ4v) is 4.96. The van der Waals surface area contributed by atoms with E-state index < -0.39 is 10.0 Å². The summed E-state index contributed by atoms with van der Waals surface area (Å²) in [5.41, 5.74) is 7.01. The summed E-state index contributed by atoms with van der Waals surface area (Å²) in [6.07, 6.45) is 2.01. The van der Waals surface area contributed by atoms with Crippen LogP contribution >= 0.6 is 0 Å². The summed E-state index contributed by atoms with van der Waals surface area (Å²) < 4.78 is 28.5. The smallest absolute Gasteiger partial charge is 0.258 e. The van der Waals surface area contributed by atoms with Crippen LogP contribution in [0.15, 0.2) is 35.2 Å². The average molecular weight is 345 g/mol. The van der Waals surface area contributed by atoms with Crippen LogP contribution in [0.25, 0.3) is 10.8 Å². The Morgan fingerprint density at radius 3 is 2.71 bits per heavy atom. The number of rotatable bonds is 5. The first kappa shape index (κ1) is 15.6. The van der Waals surface area contributed by atoms with Gasteiger partial charge in [-0.25, -0.2) is 13.1 Å². The predicted molar refractivity (Wildman–Crippen MR) is 92.6 cm³/mol. The van der Waals surface area contributed by atoms with Gasteiger partial charge in [0.2, 0.25) is 10.0 Å². The summed E-state index contributed by atoms with van der Waals surface area (Å²) in [5, 5.41) is 1.27. The van der Waals surface area contributed by atoms with Crippen molar-refractivity contribution in [2.75, 3.05) is 18.5 Å². The van der Waals surface area contributed by atoms with Crippen molar-refractivity contribution in [1.82, 2.24) is 4.72 Å². The van der Waals surface area contributed by atoms with Gasteiger partial charge in [-0.05, 0) is 37.0 Å².